The van der Waals surface area contributed by atoms with Crippen molar-refractivity contribution in [2.45, 2.75) is 39.3 Å². The van der Waals surface area contributed by atoms with Crippen molar-refractivity contribution in [2.24, 2.45) is 5.73 Å². The topological polar surface area (TPSA) is 162 Å². The van der Waals surface area contributed by atoms with E-state index < -0.39 is 17.4 Å². The monoisotopic (exact) mass is 595 g/mol. The fraction of sp³-hybridized carbons (Fsp3) is 0.235. The predicted octanol–water partition coefficient (Wildman–Crippen LogP) is 4.41. The van der Waals surface area contributed by atoms with E-state index in [0.29, 0.717) is 54.0 Å². The van der Waals surface area contributed by atoms with Crippen LogP contribution in [-0.2, 0) is 6.54 Å². The molecule has 0 spiro atoms. The standard InChI is InChI=1S/C34H37N5O5/c1-4-39(14-13-34(2,3)43)20-27-17-30(38-33(42)26-7-5-6-25(16-26)31(36)40)28(18-29(27)35)23-8-10-24(11-9-23)32(41)37-19-22-12-15-44-21-22/h5-12,15-18,20-21,35,43H,4,13-14,19H2,1-3H3,(H2,36,40)(H,37,41)(H,38,42)/b27-20-,35-29?. The Morgan fingerprint density at radius 3 is 2.39 bits per heavy atom. The van der Waals surface area contributed by atoms with Crippen molar-refractivity contribution in [2.75, 3.05) is 13.1 Å². The molecule has 10 nitrogen and oxygen atoms in total. The fourth-order valence-electron chi connectivity index (χ4n) is 4.48. The number of benzene rings is 2. The van der Waals surface area contributed by atoms with Crippen molar-refractivity contribution >= 4 is 29.0 Å². The van der Waals surface area contributed by atoms with E-state index in [0.717, 1.165) is 5.56 Å². The van der Waals surface area contributed by atoms with Gasteiger partial charge in [-0.1, -0.05) is 18.2 Å². The first-order valence-corrected chi connectivity index (χ1v) is 14.3. The van der Waals surface area contributed by atoms with E-state index in [4.69, 9.17) is 15.6 Å². The maximum absolute atomic E-state index is 13.4. The smallest absolute Gasteiger partial charge is 0.255 e. The van der Waals surface area contributed by atoms with E-state index in [1.165, 1.54) is 12.1 Å². The van der Waals surface area contributed by atoms with Gasteiger partial charge >= 0.3 is 0 Å². The summed E-state index contributed by atoms with van der Waals surface area (Å²) in [5.74, 6) is -1.35. The number of nitrogens with two attached hydrogens (primary N) is 1. The highest BCUT2D eigenvalue weighted by molar-refractivity contribution is 6.17. The molecule has 1 aromatic heterocycles. The molecule has 1 heterocycles. The molecule has 0 fully saturated rings. The molecule has 3 aromatic rings. The number of furan rings is 1. The second-order valence-corrected chi connectivity index (χ2v) is 11.1. The molecule has 6 N–H and O–H groups in total. The van der Waals surface area contributed by atoms with Gasteiger partial charge in [0, 0.05) is 64.9 Å². The summed E-state index contributed by atoms with van der Waals surface area (Å²) in [5.41, 5.74) is 8.84. The Kier molecular flexibility index (Phi) is 9.97. The number of aliphatic hydroxyl groups is 1. The van der Waals surface area contributed by atoms with E-state index in [1.807, 2.05) is 18.0 Å². The molecule has 3 amide bonds. The van der Waals surface area contributed by atoms with Crippen LogP contribution in [-0.4, -0.2) is 52.1 Å². The van der Waals surface area contributed by atoms with Crippen molar-refractivity contribution < 1.29 is 23.9 Å². The number of carbonyl (C=O) groups is 3. The van der Waals surface area contributed by atoms with Crippen LogP contribution >= 0.6 is 0 Å². The first-order chi connectivity index (χ1) is 20.9. The summed E-state index contributed by atoms with van der Waals surface area (Å²) < 4.78 is 5.04. The van der Waals surface area contributed by atoms with Crippen LogP contribution in [0.5, 0.6) is 0 Å². The van der Waals surface area contributed by atoms with E-state index in [2.05, 4.69) is 10.6 Å². The number of amides is 3. The van der Waals surface area contributed by atoms with E-state index in [1.54, 1.807) is 81.0 Å². The molecular weight excluding hydrogens is 558 g/mol. The van der Waals surface area contributed by atoms with Gasteiger partial charge < -0.3 is 36.2 Å². The Morgan fingerprint density at radius 1 is 1.02 bits per heavy atom. The summed E-state index contributed by atoms with van der Waals surface area (Å²) in [7, 11) is 0. The predicted molar refractivity (Wildman–Crippen MR) is 169 cm³/mol. The third-order valence-corrected chi connectivity index (χ3v) is 7.08. The number of nitrogens with one attached hydrogen (secondary N) is 3. The van der Waals surface area contributed by atoms with Crippen molar-refractivity contribution in [3.63, 3.8) is 0 Å². The van der Waals surface area contributed by atoms with Crippen molar-refractivity contribution in [3.8, 4) is 0 Å². The number of nitrogens with zero attached hydrogens (tertiary/aromatic N) is 1. The first kappa shape index (κ1) is 31.7. The van der Waals surface area contributed by atoms with Gasteiger partial charge in [-0.15, -0.1) is 0 Å². The Labute approximate surface area is 256 Å². The molecule has 0 bridgehead atoms. The lowest BCUT2D eigenvalue weighted by Gasteiger charge is -2.26. The number of primary amides is 1. The minimum absolute atomic E-state index is 0.209. The lowest BCUT2D eigenvalue weighted by atomic mass is 9.91. The summed E-state index contributed by atoms with van der Waals surface area (Å²) in [5, 5.41) is 24.8. The van der Waals surface area contributed by atoms with Gasteiger partial charge in [-0.25, -0.2) is 0 Å². The molecule has 10 heteroatoms. The molecule has 0 saturated carbocycles. The third-order valence-electron chi connectivity index (χ3n) is 7.08. The highest BCUT2D eigenvalue weighted by Crippen LogP contribution is 2.29. The summed E-state index contributed by atoms with van der Waals surface area (Å²) in [6.07, 6.45) is 8.88. The number of hydrogen-bond acceptors (Lipinski definition) is 7. The Hall–Kier alpha value is -5.22. The minimum atomic E-state index is -0.837. The van der Waals surface area contributed by atoms with E-state index in [-0.39, 0.29) is 22.7 Å². The van der Waals surface area contributed by atoms with Crippen LogP contribution in [0.3, 0.4) is 0 Å². The van der Waals surface area contributed by atoms with Crippen molar-refractivity contribution in [1.29, 1.82) is 5.41 Å². The Morgan fingerprint density at radius 2 is 1.75 bits per heavy atom. The number of hydrogen-bond donors (Lipinski definition) is 5. The van der Waals surface area contributed by atoms with Gasteiger partial charge in [0.15, 0.2) is 0 Å². The summed E-state index contributed by atoms with van der Waals surface area (Å²) in [6.45, 7) is 7.05. The van der Waals surface area contributed by atoms with Crippen LogP contribution in [0, 0.1) is 5.41 Å². The van der Waals surface area contributed by atoms with E-state index >= 15 is 0 Å². The molecule has 4 rings (SSSR count). The van der Waals surface area contributed by atoms with Crippen LogP contribution in [0.4, 0.5) is 0 Å². The van der Waals surface area contributed by atoms with Crippen LogP contribution in [0.1, 0.15) is 69.4 Å². The average molecular weight is 596 g/mol. The van der Waals surface area contributed by atoms with Gasteiger partial charge in [-0.3, -0.25) is 14.4 Å². The lowest BCUT2D eigenvalue weighted by molar-refractivity contribution is 0.0632. The van der Waals surface area contributed by atoms with Gasteiger partial charge in [0.1, 0.15) is 0 Å². The van der Waals surface area contributed by atoms with Crippen LogP contribution in [0.15, 0.2) is 101 Å². The van der Waals surface area contributed by atoms with Gasteiger partial charge in [-0.2, -0.15) is 0 Å². The molecule has 228 valence electrons. The molecule has 0 aliphatic heterocycles. The average Bonchev–Trinajstić information content (AvgIpc) is 3.53. The summed E-state index contributed by atoms with van der Waals surface area (Å²) in [4.78, 5) is 39.7. The summed E-state index contributed by atoms with van der Waals surface area (Å²) >= 11 is 0. The van der Waals surface area contributed by atoms with Crippen LogP contribution < -0.4 is 16.4 Å². The zero-order chi connectivity index (χ0) is 31.9. The molecule has 2 aromatic carbocycles. The lowest BCUT2D eigenvalue weighted by Crippen LogP contribution is -2.29. The quantitative estimate of drug-likeness (QED) is 0.208. The first-order valence-electron chi connectivity index (χ1n) is 14.3. The van der Waals surface area contributed by atoms with Crippen molar-refractivity contribution in [3.05, 3.63) is 125 Å². The Bertz CT molecular complexity index is 1630. The molecule has 1 aliphatic rings. The minimum Gasteiger partial charge on any atom is -0.472 e. The van der Waals surface area contributed by atoms with Crippen LogP contribution in [0.2, 0.25) is 0 Å². The van der Waals surface area contributed by atoms with Crippen LogP contribution in [0.25, 0.3) is 5.57 Å². The molecule has 0 saturated heterocycles. The second-order valence-electron chi connectivity index (χ2n) is 11.1. The second kappa shape index (κ2) is 13.8. The summed E-state index contributed by atoms with van der Waals surface area (Å²) in [6, 6.07) is 14.8. The van der Waals surface area contributed by atoms with Gasteiger partial charge in [-0.05, 0) is 81.3 Å². The molecule has 44 heavy (non-hydrogen) atoms. The normalized spacial score (nSPS) is 14.1. The maximum Gasteiger partial charge on any atom is 0.255 e. The number of carbonyl (C=O) groups excluding carboxylic acids is 3. The maximum atomic E-state index is 13.4. The number of rotatable bonds is 12. The highest BCUT2D eigenvalue weighted by Gasteiger charge is 2.21. The van der Waals surface area contributed by atoms with Crippen molar-refractivity contribution in [1.82, 2.24) is 15.5 Å². The fourth-order valence-corrected chi connectivity index (χ4v) is 4.48. The highest BCUT2D eigenvalue weighted by atomic mass is 16.3. The Balaban J connectivity index is 1.63. The third kappa shape index (κ3) is 8.42. The largest absolute Gasteiger partial charge is 0.472 e. The number of allylic oxidation sites excluding steroid dienone is 4. The van der Waals surface area contributed by atoms with E-state index in [9.17, 15) is 19.5 Å². The van der Waals surface area contributed by atoms with Gasteiger partial charge in [0.2, 0.25) is 5.91 Å². The zero-order valence-electron chi connectivity index (χ0n) is 25.0. The molecule has 0 atom stereocenters. The molecule has 0 radical (unpaired) electrons. The van der Waals surface area contributed by atoms with Gasteiger partial charge in [0.05, 0.1) is 23.8 Å². The zero-order valence-corrected chi connectivity index (χ0v) is 25.0. The SMILES string of the molecule is CCN(/C=C1/C=C(NC(=O)c2cccc(C(N)=O)c2)C(c2ccc(C(=O)NCc3ccoc3)cc2)=CC1=N)CCC(C)(C)O. The molecular formula is C34H37N5O5. The molecule has 1 aliphatic carbocycles. The van der Waals surface area contributed by atoms with Gasteiger partial charge in [0.25, 0.3) is 11.8 Å². The molecule has 0 unspecified atom stereocenters.